The molecule has 7 rings (SSSR count). The van der Waals surface area contributed by atoms with Gasteiger partial charge < -0.3 is 13.6 Å². The quantitative estimate of drug-likeness (QED) is 0.155. The zero-order valence-corrected chi connectivity index (χ0v) is 36.4. The summed E-state index contributed by atoms with van der Waals surface area (Å²) < 4.78 is 19.2. The number of hydrogen-bond donors (Lipinski definition) is 0. The van der Waals surface area contributed by atoms with Gasteiger partial charge in [-0.3, -0.25) is 9.97 Å². The van der Waals surface area contributed by atoms with Crippen molar-refractivity contribution in [3.63, 3.8) is 0 Å². The first kappa shape index (κ1) is 40.1. The number of aromatic nitrogens is 3. The minimum Gasteiger partial charge on any atom is -0.460 e. The van der Waals surface area contributed by atoms with Crippen LogP contribution in [-0.2, 0) is 43.7 Å². The molecule has 0 unspecified atom stereocenters. The van der Waals surface area contributed by atoms with E-state index in [0.717, 1.165) is 73.5 Å². The number of rotatable bonds is 6. The van der Waals surface area contributed by atoms with Gasteiger partial charge in [-0.25, -0.2) is 4.98 Å². The third-order valence-electron chi connectivity index (χ3n) is 9.68. The van der Waals surface area contributed by atoms with Crippen LogP contribution in [0.5, 0.6) is 11.6 Å². The molecule has 0 bridgehead atoms. The van der Waals surface area contributed by atoms with E-state index in [-0.39, 0.29) is 42.7 Å². The minimum atomic E-state index is -0.182. The molecule has 0 saturated carbocycles. The Labute approximate surface area is 340 Å². The van der Waals surface area contributed by atoms with Gasteiger partial charge in [-0.1, -0.05) is 113 Å². The molecule has 0 aliphatic rings. The van der Waals surface area contributed by atoms with Gasteiger partial charge in [0.05, 0.1) is 5.52 Å². The molecule has 7 aromatic rings. The Balaban J connectivity index is 0.00000514. The molecule has 0 N–H and O–H groups in total. The van der Waals surface area contributed by atoms with Crippen LogP contribution in [-0.4, -0.2) is 15.0 Å². The Kier molecular flexibility index (Phi) is 10.6. The Hall–Kier alpha value is -4.54. The molecule has 6 nitrogen and oxygen atoms in total. The van der Waals surface area contributed by atoms with Crippen molar-refractivity contribution >= 4 is 22.1 Å². The monoisotopic (exact) mass is 912 g/mol. The average Bonchev–Trinajstić information content (AvgIpc) is 3.64. The van der Waals surface area contributed by atoms with Crippen LogP contribution >= 0.6 is 0 Å². The number of para-hydroxylation sites is 1. The summed E-state index contributed by atoms with van der Waals surface area (Å²) in [5.74, 6) is 2.68. The van der Waals surface area contributed by atoms with E-state index in [9.17, 15) is 0 Å². The second kappa shape index (κ2) is 14.5. The van der Waals surface area contributed by atoms with Crippen LogP contribution in [0, 0.1) is 17.5 Å². The Morgan fingerprint density at radius 2 is 1.35 bits per heavy atom. The second-order valence-corrected chi connectivity index (χ2v) is 18.8. The van der Waals surface area contributed by atoms with Gasteiger partial charge >= 0.3 is 21.1 Å². The summed E-state index contributed by atoms with van der Waals surface area (Å²) in [5, 5.41) is 0.883. The zero-order chi connectivity index (χ0) is 38.8. The molecule has 0 amide bonds. The number of ether oxygens (including phenoxy) is 1. The molecule has 0 fully saturated rings. The Morgan fingerprint density at radius 1 is 0.673 bits per heavy atom. The van der Waals surface area contributed by atoms with Gasteiger partial charge in [0.2, 0.25) is 5.88 Å². The summed E-state index contributed by atoms with van der Waals surface area (Å²) in [5.41, 5.74) is 9.65. The van der Waals surface area contributed by atoms with Crippen LogP contribution in [0.25, 0.3) is 55.9 Å². The van der Waals surface area contributed by atoms with Crippen LogP contribution in [0.15, 0.2) is 88.0 Å². The number of benzene rings is 3. The van der Waals surface area contributed by atoms with Crippen LogP contribution < -0.4 is 4.74 Å². The molecule has 0 radical (unpaired) electrons. The van der Waals surface area contributed by atoms with Gasteiger partial charge in [0.15, 0.2) is 11.2 Å². The van der Waals surface area contributed by atoms with Gasteiger partial charge in [0.25, 0.3) is 0 Å². The number of hydrogen-bond acceptors (Lipinski definition) is 6. The first-order chi connectivity index (χ1) is 25.2. The first-order valence-corrected chi connectivity index (χ1v) is 18.8. The average molecular weight is 913 g/mol. The fourth-order valence-corrected chi connectivity index (χ4v) is 6.61. The molecule has 3 aromatic carbocycles. The SMILES string of the molecule is CC(C)(C)Cc1cc2oc(-c3cccc4c(-c5[c-]c(Oc6cc(C(C)(C)C)cc(-c7[c-]ccc(C(C)(C)C)c7)n6)cc(C(C)(C)C)c5)ncnc34)cc2o1.[Pt+2]. The van der Waals surface area contributed by atoms with Crippen LogP contribution in [0.3, 0.4) is 0 Å². The maximum atomic E-state index is 6.69. The van der Waals surface area contributed by atoms with E-state index >= 15 is 0 Å². The summed E-state index contributed by atoms with van der Waals surface area (Å²) in [6, 6.07) is 31.7. The Morgan fingerprint density at radius 3 is 2.02 bits per heavy atom. The van der Waals surface area contributed by atoms with Gasteiger partial charge in [-0.15, -0.1) is 52.6 Å². The van der Waals surface area contributed by atoms with E-state index < -0.39 is 0 Å². The van der Waals surface area contributed by atoms with Gasteiger partial charge in [0.1, 0.15) is 17.8 Å². The number of fused-ring (bicyclic) bond motifs is 2. The van der Waals surface area contributed by atoms with Crippen molar-refractivity contribution in [1.29, 1.82) is 0 Å². The fourth-order valence-electron chi connectivity index (χ4n) is 6.61. The van der Waals surface area contributed by atoms with Crippen molar-refractivity contribution in [2.24, 2.45) is 5.41 Å². The molecular formula is C48H51N3O3Pt. The summed E-state index contributed by atoms with van der Waals surface area (Å²) in [6.45, 7) is 26.4. The smallest absolute Gasteiger partial charge is 0.460 e. The number of nitrogens with zero attached hydrogens (tertiary/aromatic N) is 3. The van der Waals surface area contributed by atoms with Crippen LogP contribution in [0.2, 0.25) is 0 Å². The van der Waals surface area contributed by atoms with Crippen molar-refractivity contribution in [1.82, 2.24) is 15.0 Å². The predicted molar refractivity (Wildman–Crippen MR) is 219 cm³/mol. The predicted octanol–water partition coefficient (Wildman–Crippen LogP) is 13.2. The largest absolute Gasteiger partial charge is 2.00 e. The number of pyridine rings is 1. The van der Waals surface area contributed by atoms with Crippen LogP contribution in [0.4, 0.5) is 0 Å². The van der Waals surface area contributed by atoms with E-state index in [1.54, 1.807) is 6.33 Å². The summed E-state index contributed by atoms with van der Waals surface area (Å²) in [7, 11) is 0. The van der Waals surface area contributed by atoms with Gasteiger partial charge in [-0.2, -0.15) is 0 Å². The summed E-state index contributed by atoms with van der Waals surface area (Å²) >= 11 is 0. The van der Waals surface area contributed by atoms with E-state index in [2.05, 4.69) is 126 Å². The molecule has 0 aliphatic carbocycles. The van der Waals surface area contributed by atoms with E-state index in [4.69, 9.17) is 28.5 Å². The van der Waals surface area contributed by atoms with E-state index in [1.807, 2.05) is 42.5 Å². The molecule has 0 saturated heterocycles. The third kappa shape index (κ3) is 8.81. The summed E-state index contributed by atoms with van der Waals surface area (Å²) in [6.07, 6.45) is 2.44. The first-order valence-electron chi connectivity index (χ1n) is 18.8. The third-order valence-corrected chi connectivity index (χ3v) is 9.68. The van der Waals surface area contributed by atoms with Crippen molar-refractivity contribution < 1.29 is 34.6 Å². The molecule has 286 valence electrons. The molecule has 0 atom stereocenters. The minimum absolute atomic E-state index is 0. The maximum absolute atomic E-state index is 6.69. The van der Waals surface area contributed by atoms with E-state index in [0.29, 0.717) is 17.4 Å². The fraction of sp³-hybridized carbons (Fsp3) is 0.354. The van der Waals surface area contributed by atoms with Crippen molar-refractivity contribution in [3.05, 3.63) is 114 Å². The molecule has 4 aromatic heterocycles. The van der Waals surface area contributed by atoms with Crippen molar-refractivity contribution in [2.45, 2.75) is 106 Å². The molecular weight excluding hydrogens is 862 g/mol. The summed E-state index contributed by atoms with van der Waals surface area (Å²) in [4.78, 5) is 14.6. The molecule has 7 heteroatoms. The standard InChI is InChI=1S/C48H51N3O3.Pt/c1-45(2,3)27-35-25-40-41(52-35)26-39(54-40)36-17-14-18-37-43(49-28-50-44(36)37)30-20-32(47(7,8)9)22-34(21-30)53-42-24-33(48(10,11)12)23-38(51-42)29-15-13-16-31(19-29)46(4,5)6;/h13-14,16-20,22-26,28H,27H2,1-12H3;/q-2;+2. The van der Waals surface area contributed by atoms with Crippen molar-refractivity contribution in [3.8, 4) is 45.5 Å². The molecule has 55 heavy (non-hydrogen) atoms. The molecule has 0 aliphatic heterocycles. The molecule has 0 spiro atoms. The normalized spacial score (nSPS) is 12.7. The van der Waals surface area contributed by atoms with Crippen LogP contribution in [0.1, 0.15) is 106 Å². The van der Waals surface area contributed by atoms with Gasteiger partial charge in [-0.05, 0) is 50.1 Å². The number of furan rings is 2. The maximum Gasteiger partial charge on any atom is 2.00 e. The van der Waals surface area contributed by atoms with Gasteiger partial charge in [0, 0.05) is 35.9 Å². The molecule has 4 heterocycles. The second-order valence-electron chi connectivity index (χ2n) is 18.8. The van der Waals surface area contributed by atoms with E-state index in [1.165, 1.54) is 5.56 Å². The van der Waals surface area contributed by atoms with Crippen molar-refractivity contribution in [2.75, 3.05) is 0 Å². The zero-order valence-electron chi connectivity index (χ0n) is 34.1. The Bertz CT molecular complexity index is 2470. The topological polar surface area (TPSA) is 74.2 Å².